The lowest BCUT2D eigenvalue weighted by molar-refractivity contribution is 0.627. The zero-order chi connectivity index (χ0) is 21.4. The van der Waals surface area contributed by atoms with Gasteiger partial charge < -0.3 is 0 Å². The summed E-state index contributed by atoms with van der Waals surface area (Å²) >= 11 is 0. The van der Waals surface area contributed by atoms with Crippen molar-refractivity contribution in [2.45, 2.75) is 13.8 Å². The molecular weight excluding hydrogens is 389 g/mol. The number of hydrogen-bond acceptors (Lipinski definition) is 4. The van der Waals surface area contributed by atoms with Crippen molar-refractivity contribution in [2.24, 2.45) is 0 Å². The van der Waals surface area contributed by atoms with E-state index in [2.05, 4.69) is 50.6 Å². The molecule has 152 valence electrons. The molecule has 0 saturated heterocycles. The second-order valence-electron chi connectivity index (χ2n) is 7.44. The Bertz CT molecular complexity index is 1370. The van der Waals surface area contributed by atoms with Crippen molar-refractivity contribution in [3.8, 4) is 16.9 Å². The number of nitrogens with one attached hydrogen (secondary N) is 1. The molecule has 2 aromatic heterocycles. The maximum Gasteiger partial charge on any atom is 0.229 e. The molecule has 5 rings (SSSR count). The highest BCUT2D eigenvalue weighted by Crippen LogP contribution is 2.30. The van der Waals surface area contributed by atoms with Crippen molar-refractivity contribution < 1.29 is 4.39 Å². The molecule has 0 amide bonds. The molecule has 0 aliphatic heterocycles. The monoisotopic (exact) mass is 409 g/mol. The highest BCUT2D eigenvalue weighted by atomic mass is 19.1. The van der Waals surface area contributed by atoms with Gasteiger partial charge in [-0.05, 0) is 61.0 Å². The quantitative estimate of drug-likeness (QED) is 0.397. The van der Waals surface area contributed by atoms with Gasteiger partial charge in [-0.3, -0.25) is 9.88 Å². The van der Waals surface area contributed by atoms with Gasteiger partial charge >= 0.3 is 0 Å². The van der Waals surface area contributed by atoms with Crippen molar-refractivity contribution in [2.75, 3.05) is 5.32 Å². The highest BCUT2D eigenvalue weighted by molar-refractivity contribution is 5.87. The lowest BCUT2D eigenvalue weighted by Gasteiger charge is -2.14. The van der Waals surface area contributed by atoms with Gasteiger partial charge in [0, 0.05) is 22.6 Å². The van der Waals surface area contributed by atoms with Crippen LogP contribution in [0.2, 0.25) is 0 Å². The number of nitrogens with zero attached hydrogens (tertiary/aromatic N) is 4. The molecule has 0 aliphatic rings. The Hall–Kier alpha value is -4.06. The lowest BCUT2D eigenvalue weighted by Crippen LogP contribution is -2.07. The normalized spacial score (nSPS) is 11.1. The van der Waals surface area contributed by atoms with E-state index in [0.717, 1.165) is 33.7 Å². The Labute approximate surface area is 179 Å². The molecule has 0 bridgehead atoms. The maximum absolute atomic E-state index is 13.6. The van der Waals surface area contributed by atoms with Crippen LogP contribution in [-0.2, 0) is 0 Å². The number of anilines is 2. The predicted octanol–water partition coefficient (Wildman–Crippen LogP) is 5.98. The second kappa shape index (κ2) is 7.65. The number of aromatic nitrogens is 4. The van der Waals surface area contributed by atoms with Crippen molar-refractivity contribution in [3.05, 3.63) is 96.2 Å². The van der Waals surface area contributed by atoms with E-state index in [9.17, 15) is 4.39 Å². The Morgan fingerprint density at radius 1 is 0.806 bits per heavy atom. The minimum Gasteiger partial charge on any atom is -0.294 e. The Morgan fingerprint density at radius 3 is 2.26 bits per heavy atom. The van der Waals surface area contributed by atoms with Gasteiger partial charge in [-0.1, -0.05) is 36.4 Å². The second-order valence-corrected chi connectivity index (χ2v) is 7.44. The summed E-state index contributed by atoms with van der Waals surface area (Å²) in [5.41, 5.74) is 4.40. The molecule has 1 N–H and O–H groups in total. The van der Waals surface area contributed by atoms with E-state index in [0.29, 0.717) is 11.9 Å². The number of halogens is 1. The van der Waals surface area contributed by atoms with Crippen LogP contribution < -0.4 is 5.32 Å². The SMILES string of the molecule is Cc1cc(C)nc(Nc2ncc(-c3ccc4ccccc4c3)n2-c2ccc(F)cc2)n1. The van der Waals surface area contributed by atoms with E-state index in [1.165, 1.54) is 17.5 Å². The predicted molar refractivity (Wildman–Crippen MR) is 121 cm³/mol. The van der Waals surface area contributed by atoms with Crippen LogP contribution in [0.1, 0.15) is 11.4 Å². The van der Waals surface area contributed by atoms with Gasteiger partial charge in [-0.25, -0.2) is 19.3 Å². The van der Waals surface area contributed by atoms with Crippen LogP contribution >= 0.6 is 0 Å². The van der Waals surface area contributed by atoms with Crippen LogP contribution in [-0.4, -0.2) is 19.5 Å². The molecule has 2 heterocycles. The molecule has 0 fully saturated rings. The fraction of sp³-hybridized carbons (Fsp3) is 0.0800. The van der Waals surface area contributed by atoms with Crippen LogP contribution in [0.15, 0.2) is 79.0 Å². The van der Waals surface area contributed by atoms with E-state index in [1.807, 2.05) is 36.6 Å². The van der Waals surface area contributed by atoms with Crippen molar-refractivity contribution in [1.82, 2.24) is 19.5 Å². The van der Waals surface area contributed by atoms with E-state index >= 15 is 0 Å². The third-order valence-electron chi connectivity index (χ3n) is 5.10. The summed E-state index contributed by atoms with van der Waals surface area (Å²) in [4.78, 5) is 13.5. The number of hydrogen-bond donors (Lipinski definition) is 1. The van der Waals surface area contributed by atoms with Crippen LogP contribution in [0.25, 0.3) is 27.7 Å². The Balaban J connectivity index is 1.66. The topological polar surface area (TPSA) is 55.6 Å². The number of benzene rings is 3. The van der Waals surface area contributed by atoms with Gasteiger partial charge in [0.05, 0.1) is 11.9 Å². The number of aryl methyl sites for hydroxylation is 2. The minimum atomic E-state index is -0.289. The maximum atomic E-state index is 13.6. The number of imidazole rings is 1. The fourth-order valence-electron chi connectivity index (χ4n) is 3.73. The molecule has 5 nitrogen and oxygen atoms in total. The molecular formula is C25H20FN5. The van der Waals surface area contributed by atoms with Gasteiger partial charge in [0.25, 0.3) is 0 Å². The number of rotatable bonds is 4. The van der Waals surface area contributed by atoms with Gasteiger partial charge in [0.2, 0.25) is 11.9 Å². The fourth-order valence-corrected chi connectivity index (χ4v) is 3.73. The molecule has 3 aromatic carbocycles. The zero-order valence-electron chi connectivity index (χ0n) is 17.2. The summed E-state index contributed by atoms with van der Waals surface area (Å²) in [5.74, 6) is 0.736. The van der Waals surface area contributed by atoms with E-state index < -0.39 is 0 Å². The first-order chi connectivity index (χ1) is 15.1. The molecule has 0 saturated carbocycles. The molecule has 0 atom stereocenters. The summed E-state index contributed by atoms with van der Waals surface area (Å²) in [5, 5.41) is 5.54. The third kappa shape index (κ3) is 3.75. The first-order valence-electron chi connectivity index (χ1n) is 9.99. The summed E-state index contributed by atoms with van der Waals surface area (Å²) in [7, 11) is 0. The molecule has 0 unspecified atom stereocenters. The van der Waals surface area contributed by atoms with Gasteiger partial charge in [-0.2, -0.15) is 0 Å². The Morgan fingerprint density at radius 2 is 1.52 bits per heavy atom. The Kier molecular flexibility index (Phi) is 4.67. The summed E-state index contributed by atoms with van der Waals surface area (Å²) in [6.07, 6.45) is 1.80. The molecule has 0 radical (unpaired) electrons. The van der Waals surface area contributed by atoms with Crippen molar-refractivity contribution in [1.29, 1.82) is 0 Å². The minimum absolute atomic E-state index is 0.289. The molecule has 31 heavy (non-hydrogen) atoms. The van der Waals surface area contributed by atoms with E-state index in [-0.39, 0.29) is 5.82 Å². The lowest BCUT2D eigenvalue weighted by atomic mass is 10.1. The smallest absolute Gasteiger partial charge is 0.229 e. The zero-order valence-corrected chi connectivity index (χ0v) is 17.2. The average Bonchev–Trinajstić information content (AvgIpc) is 3.16. The van der Waals surface area contributed by atoms with Crippen LogP contribution in [0.4, 0.5) is 16.3 Å². The number of fused-ring (bicyclic) bond motifs is 1. The average molecular weight is 409 g/mol. The molecule has 6 heteroatoms. The van der Waals surface area contributed by atoms with Gasteiger partial charge in [0.15, 0.2) is 0 Å². The van der Waals surface area contributed by atoms with Gasteiger partial charge in [-0.15, -0.1) is 0 Å². The van der Waals surface area contributed by atoms with Crippen LogP contribution in [0, 0.1) is 19.7 Å². The molecule has 0 spiro atoms. The third-order valence-corrected chi connectivity index (χ3v) is 5.10. The first kappa shape index (κ1) is 18.9. The van der Waals surface area contributed by atoms with Crippen molar-refractivity contribution in [3.63, 3.8) is 0 Å². The van der Waals surface area contributed by atoms with Crippen LogP contribution in [0.3, 0.4) is 0 Å². The first-order valence-corrected chi connectivity index (χ1v) is 9.99. The molecule has 5 aromatic rings. The van der Waals surface area contributed by atoms with E-state index in [1.54, 1.807) is 18.3 Å². The van der Waals surface area contributed by atoms with Gasteiger partial charge in [0.1, 0.15) is 5.82 Å². The molecule has 0 aliphatic carbocycles. The standard InChI is InChI=1S/C25H20FN5/c1-16-13-17(2)29-24(28-16)30-25-27-15-23(31(25)22-11-9-21(26)10-12-22)20-8-7-18-5-3-4-6-19(18)14-20/h3-15H,1-2H3,(H,27,28,29,30). The highest BCUT2D eigenvalue weighted by Gasteiger charge is 2.16. The summed E-state index contributed by atoms with van der Waals surface area (Å²) in [6, 6.07) is 22.8. The van der Waals surface area contributed by atoms with Crippen molar-refractivity contribution >= 4 is 22.7 Å². The van der Waals surface area contributed by atoms with Crippen LogP contribution in [0.5, 0.6) is 0 Å². The summed E-state index contributed by atoms with van der Waals surface area (Å²) in [6.45, 7) is 3.85. The van der Waals surface area contributed by atoms with E-state index in [4.69, 9.17) is 0 Å². The summed E-state index contributed by atoms with van der Waals surface area (Å²) < 4.78 is 15.6. The largest absolute Gasteiger partial charge is 0.294 e.